The Hall–Kier alpha value is -6.78. The maximum absolute atomic E-state index is 2.71. The average molecular weight is 757 g/mol. The van der Waals surface area contributed by atoms with Gasteiger partial charge in [-0.1, -0.05) is 120 Å². The van der Waals surface area contributed by atoms with E-state index in [4.69, 9.17) is 0 Å². The highest BCUT2D eigenvalue weighted by Crippen LogP contribution is 2.65. The van der Waals surface area contributed by atoms with Crippen molar-refractivity contribution in [3.63, 3.8) is 0 Å². The predicted molar refractivity (Wildman–Crippen MR) is 235 cm³/mol. The molecule has 4 nitrogen and oxygen atoms in total. The van der Waals surface area contributed by atoms with Crippen molar-refractivity contribution < 1.29 is 9.13 Å². The van der Waals surface area contributed by atoms with E-state index in [-0.39, 0.29) is 10.8 Å². The second kappa shape index (κ2) is 9.40. The fraction of sp³-hybridized carbons (Fsp3) is 0.164. The van der Waals surface area contributed by atoms with Crippen molar-refractivity contribution in [1.29, 1.82) is 0 Å². The summed E-state index contributed by atoms with van der Waals surface area (Å²) in [6.07, 6.45) is 4.85. The maximum Gasteiger partial charge on any atom is 0.315 e. The lowest BCUT2D eigenvalue weighted by Gasteiger charge is -2.49. The number of nitrogens with zero attached hydrogens (tertiary/aromatic N) is 4. The van der Waals surface area contributed by atoms with E-state index in [1.165, 1.54) is 116 Å². The van der Waals surface area contributed by atoms with Crippen LogP contribution in [0.25, 0.3) is 66.4 Å². The predicted octanol–water partition coefficient (Wildman–Crippen LogP) is 11.0. The highest BCUT2D eigenvalue weighted by molar-refractivity contribution is 6.15. The van der Waals surface area contributed by atoms with Crippen molar-refractivity contribution >= 4 is 43.6 Å². The van der Waals surface area contributed by atoms with Gasteiger partial charge in [-0.2, -0.15) is 18.3 Å². The summed E-state index contributed by atoms with van der Waals surface area (Å²) in [7, 11) is 0. The summed E-state index contributed by atoms with van der Waals surface area (Å²) in [5.41, 5.74) is 18.6. The van der Waals surface area contributed by atoms with Gasteiger partial charge in [0.2, 0.25) is 0 Å². The Kier molecular flexibility index (Phi) is 4.98. The normalized spacial score (nSPS) is 18.6. The molecule has 0 saturated carbocycles. The zero-order chi connectivity index (χ0) is 39.1. The molecule has 7 heterocycles. The van der Waals surface area contributed by atoms with Crippen LogP contribution in [0, 0.1) is 0 Å². The first-order chi connectivity index (χ1) is 28.7. The van der Waals surface area contributed by atoms with Gasteiger partial charge in [-0.3, -0.25) is 0 Å². The van der Waals surface area contributed by atoms with Gasteiger partial charge in [-0.15, -0.1) is 0 Å². The Labute approximate surface area is 341 Å². The lowest BCUT2D eigenvalue weighted by atomic mass is 9.57. The summed E-state index contributed by atoms with van der Waals surface area (Å²) in [4.78, 5) is 0. The Morgan fingerprint density at radius 1 is 0.475 bits per heavy atom. The van der Waals surface area contributed by atoms with E-state index in [1.54, 1.807) is 0 Å². The monoisotopic (exact) mass is 756 g/mol. The molecule has 278 valence electrons. The number of fused-ring (bicyclic) bond motifs is 13. The maximum atomic E-state index is 2.71. The Bertz CT molecular complexity index is 3650. The van der Waals surface area contributed by atoms with Crippen molar-refractivity contribution in [2.75, 3.05) is 0 Å². The summed E-state index contributed by atoms with van der Waals surface area (Å²) < 4.78 is 10.7. The van der Waals surface area contributed by atoms with E-state index >= 15 is 0 Å². The summed E-state index contributed by atoms with van der Waals surface area (Å²) in [6, 6.07) is 54.3. The molecule has 4 heteroatoms. The number of rotatable bonds is 0. The second-order valence-corrected chi connectivity index (χ2v) is 19.3. The molecule has 3 aliphatic heterocycles. The van der Waals surface area contributed by atoms with Crippen LogP contribution in [0.2, 0.25) is 0 Å². The van der Waals surface area contributed by atoms with Crippen LogP contribution < -0.4 is 9.13 Å². The molecule has 59 heavy (non-hydrogen) atoms. The zero-order valence-corrected chi connectivity index (χ0v) is 33.7. The Balaban J connectivity index is 1.31. The van der Waals surface area contributed by atoms with Crippen LogP contribution in [-0.2, 0) is 21.9 Å². The minimum atomic E-state index is -0.763. The Morgan fingerprint density at radius 3 is 1.80 bits per heavy atom. The van der Waals surface area contributed by atoms with E-state index in [2.05, 4.69) is 205 Å². The summed E-state index contributed by atoms with van der Waals surface area (Å²) >= 11 is 0. The molecule has 0 N–H and O–H groups in total. The fourth-order valence-electron chi connectivity index (χ4n) is 13.2. The molecule has 6 aromatic carbocycles. The Morgan fingerprint density at radius 2 is 1.07 bits per heavy atom. The van der Waals surface area contributed by atoms with Crippen LogP contribution >= 0.6 is 0 Å². The van der Waals surface area contributed by atoms with Crippen LogP contribution in [0.4, 0.5) is 0 Å². The van der Waals surface area contributed by atoms with E-state index < -0.39 is 11.1 Å². The molecule has 1 atom stereocenters. The third-order valence-corrected chi connectivity index (χ3v) is 15.5. The molecule has 5 aliphatic rings. The van der Waals surface area contributed by atoms with Gasteiger partial charge in [0.15, 0.2) is 11.0 Å². The van der Waals surface area contributed by atoms with Crippen molar-refractivity contribution in [1.82, 2.24) is 9.13 Å². The van der Waals surface area contributed by atoms with Gasteiger partial charge in [-0.05, 0) is 92.9 Å². The average Bonchev–Trinajstić information content (AvgIpc) is 3.88. The number of hydrogen-bond acceptors (Lipinski definition) is 0. The van der Waals surface area contributed by atoms with Crippen molar-refractivity contribution in [2.45, 2.75) is 56.5 Å². The summed E-state index contributed by atoms with van der Waals surface area (Å²) in [5.74, 6) is 2.47. The number of aromatic nitrogens is 4. The number of hydrogen-bond donors (Lipinski definition) is 0. The van der Waals surface area contributed by atoms with Crippen molar-refractivity contribution in [2.24, 2.45) is 0 Å². The van der Waals surface area contributed by atoms with E-state index in [0.717, 1.165) is 0 Å². The zero-order valence-electron chi connectivity index (χ0n) is 33.7. The van der Waals surface area contributed by atoms with Crippen molar-refractivity contribution in [3.8, 4) is 22.8 Å². The molecular weight excluding hydrogens is 717 g/mol. The molecule has 0 fully saturated rings. The van der Waals surface area contributed by atoms with Gasteiger partial charge < -0.3 is 0 Å². The molecule has 0 radical (unpaired) electrons. The molecule has 0 saturated heterocycles. The van der Waals surface area contributed by atoms with E-state index in [1.807, 2.05) is 0 Å². The lowest BCUT2D eigenvalue weighted by Crippen LogP contribution is -2.80. The summed E-state index contributed by atoms with van der Waals surface area (Å²) in [5, 5.41) is 5.24. The first kappa shape index (κ1) is 31.2. The topological polar surface area (TPSA) is 17.6 Å². The van der Waals surface area contributed by atoms with Crippen LogP contribution in [-0.4, -0.2) is 9.13 Å². The minimum Gasteiger partial charge on any atom is -0.191 e. The molecule has 0 bridgehead atoms. The molecular formula is C55H40N4+2. The molecule has 2 aliphatic carbocycles. The number of pyridine rings is 2. The molecule has 2 spiro atoms. The molecule has 4 aromatic heterocycles. The van der Waals surface area contributed by atoms with Gasteiger partial charge in [0.05, 0.1) is 23.4 Å². The molecule has 10 aromatic rings. The van der Waals surface area contributed by atoms with Crippen LogP contribution in [0.15, 0.2) is 152 Å². The SMILES string of the molecule is CC(C)(C)c1cc[n+]2c(c1)-n1c3ccccc3c3ccc4c(c31)C21c2c(ccc3c5cccc6c5n(c23)-c2c(ccc[n+]21)C6(C)C)C41c2ccccc2-c2ccccc21. The molecule has 1 unspecified atom stereocenters. The third kappa shape index (κ3) is 3.00. The van der Waals surface area contributed by atoms with Gasteiger partial charge in [0.25, 0.3) is 11.6 Å². The van der Waals surface area contributed by atoms with Gasteiger partial charge in [0.1, 0.15) is 22.2 Å². The number of para-hydroxylation sites is 2. The smallest absolute Gasteiger partial charge is 0.191 e. The number of benzene rings is 6. The third-order valence-electron chi connectivity index (χ3n) is 15.5. The fourth-order valence-corrected chi connectivity index (χ4v) is 13.2. The summed E-state index contributed by atoms with van der Waals surface area (Å²) in [6.45, 7) is 11.9. The van der Waals surface area contributed by atoms with Gasteiger partial charge >= 0.3 is 5.66 Å². The molecule has 15 rings (SSSR count). The van der Waals surface area contributed by atoms with E-state index in [0.29, 0.717) is 0 Å². The quantitative estimate of drug-likeness (QED) is 0.137. The molecule has 0 amide bonds. The van der Waals surface area contributed by atoms with Crippen molar-refractivity contribution in [3.05, 3.63) is 202 Å². The highest BCUT2D eigenvalue weighted by atomic mass is 15.4. The van der Waals surface area contributed by atoms with Gasteiger partial charge in [0, 0.05) is 38.6 Å². The second-order valence-electron chi connectivity index (χ2n) is 19.3. The van der Waals surface area contributed by atoms with Crippen LogP contribution in [0.3, 0.4) is 0 Å². The van der Waals surface area contributed by atoms with Gasteiger partial charge in [-0.25, -0.2) is 0 Å². The van der Waals surface area contributed by atoms with Crippen LogP contribution in [0.1, 0.15) is 84.7 Å². The first-order valence-corrected chi connectivity index (χ1v) is 21.2. The minimum absolute atomic E-state index is 0.0466. The van der Waals surface area contributed by atoms with Crippen LogP contribution in [0.5, 0.6) is 0 Å². The largest absolute Gasteiger partial charge is 0.315 e. The van der Waals surface area contributed by atoms with E-state index in [9.17, 15) is 0 Å². The standard InChI is InChI=1S/C55H40N4/c1-52(2,3)31-27-29-56-45(30-31)58-44-22-11-8-16-34(44)36-23-25-40-46(49(36)58)55(56)47-41(54(40)38-18-9-6-14-32(38)33-15-7-10-19-39(33)54)26-24-37-35-17-12-20-42-48(35)59(50(37)47)51-43(53(42,4)5)21-13-28-57(51)55/h6-30H,1-5H3/q+2. The lowest BCUT2D eigenvalue weighted by molar-refractivity contribution is -0.968. The highest BCUT2D eigenvalue weighted by Gasteiger charge is 2.69. The first-order valence-electron chi connectivity index (χ1n) is 21.2.